The van der Waals surface area contributed by atoms with Crippen molar-refractivity contribution >= 4 is 5.78 Å². The Morgan fingerprint density at radius 1 is 1.04 bits per heavy atom. The van der Waals surface area contributed by atoms with Crippen LogP contribution in [0.1, 0.15) is 85.5 Å². The summed E-state index contributed by atoms with van der Waals surface area (Å²) in [4.78, 5) is 12.5. The van der Waals surface area contributed by atoms with Crippen LogP contribution in [0.15, 0.2) is 0 Å². The largest absolute Gasteiger partial charge is 0.367 e. The maximum Gasteiger partial charge on any atom is 0.162 e. The maximum atomic E-state index is 12.5. The second-order valence-corrected chi connectivity index (χ2v) is 9.02. The van der Waals surface area contributed by atoms with Crippen LogP contribution < -0.4 is 0 Å². The molecule has 0 heterocycles. The Morgan fingerprint density at radius 3 is 2.35 bits per heavy atom. The number of Topliss-reactive ketones (excluding diaryl/α,β-unsaturated/α-hetero) is 1. The Morgan fingerprint density at radius 2 is 1.74 bits per heavy atom. The Hall–Kier alpha value is -0.370. The van der Waals surface area contributed by atoms with Gasteiger partial charge in [-0.1, -0.05) is 26.7 Å². The molecule has 0 spiro atoms. The van der Waals surface area contributed by atoms with Crippen LogP contribution >= 0.6 is 0 Å². The average molecular weight is 321 g/mol. The summed E-state index contributed by atoms with van der Waals surface area (Å²) in [5, 5.41) is 0. The fourth-order valence-electron chi connectivity index (χ4n) is 6.41. The number of hydrogen-bond donors (Lipinski definition) is 0. The van der Waals surface area contributed by atoms with Crippen LogP contribution in [0.25, 0.3) is 0 Å². The van der Waals surface area contributed by atoms with Gasteiger partial charge in [0.25, 0.3) is 0 Å². The first-order chi connectivity index (χ1) is 10.9. The molecule has 0 aromatic rings. The third kappa shape index (κ3) is 2.79. The number of rotatable bonds is 4. The molecule has 0 N–H and O–H groups in total. The summed E-state index contributed by atoms with van der Waals surface area (Å²) in [7, 11) is 0. The molecule has 0 saturated heterocycles. The van der Waals surface area contributed by atoms with Gasteiger partial charge in [-0.2, -0.15) is 0 Å². The minimum absolute atomic E-state index is 0.0767. The third-order valence-corrected chi connectivity index (χ3v) is 7.98. The Balaban J connectivity index is 1.72. The predicted octanol–water partition coefficient (Wildman–Crippen LogP) is 5.39. The minimum Gasteiger partial charge on any atom is -0.367 e. The molecule has 4 unspecified atom stereocenters. The van der Waals surface area contributed by atoms with E-state index in [-0.39, 0.29) is 11.2 Å². The molecule has 2 nitrogen and oxygen atoms in total. The SMILES string of the molecule is CCOC1(C(C)=O)CCC2CC(C3CCC(C)CC3)CCC21C. The Bertz CT molecular complexity index is 437. The van der Waals surface area contributed by atoms with Gasteiger partial charge in [0.15, 0.2) is 5.78 Å². The van der Waals surface area contributed by atoms with E-state index in [0.717, 1.165) is 24.2 Å². The maximum absolute atomic E-state index is 12.5. The molecular formula is C21H36O2. The van der Waals surface area contributed by atoms with Gasteiger partial charge in [0.05, 0.1) is 0 Å². The van der Waals surface area contributed by atoms with E-state index < -0.39 is 5.60 Å². The van der Waals surface area contributed by atoms with Crippen LogP contribution in [0.4, 0.5) is 0 Å². The Kier molecular flexibility index (Phi) is 4.93. The zero-order valence-electron chi connectivity index (χ0n) is 15.7. The molecule has 0 aromatic heterocycles. The normalized spacial score (nSPS) is 47.3. The van der Waals surface area contributed by atoms with Crippen molar-refractivity contribution in [2.24, 2.45) is 29.1 Å². The van der Waals surface area contributed by atoms with Gasteiger partial charge in [0.2, 0.25) is 0 Å². The molecule has 0 aromatic carbocycles. The minimum atomic E-state index is -0.488. The lowest BCUT2D eigenvalue weighted by Crippen LogP contribution is -2.54. The van der Waals surface area contributed by atoms with Gasteiger partial charge in [0, 0.05) is 12.0 Å². The lowest BCUT2D eigenvalue weighted by atomic mass is 9.57. The van der Waals surface area contributed by atoms with E-state index in [1.807, 2.05) is 6.92 Å². The lowest BCUT2D eigenvalue weighted by molar-refractivity contribution is -0.166. The van der Waals surface area contributed by atoms with Crippen LogP contribution in [0.3, 0.4) is 0 Å². The van der Waals surface area contributed by atoms with Crippen LogP contribution in [-0.2, 0) is 9.53 Å². The predicted molar refractivity (Wildman–Crippen MR) is 94.3 cm³/mol. The highest BCUT2D eigenvalue weighted by molar-refractivity contribution is 5.86. The quantitative estimate of drug-likeness (QED) is 0.694. The molecule has 3 saturated carbocycles. The van der Waals surface area contributed by atoms with Crippen molar-refractivity contribution in [3.63, 3.8) is 0 Å². The topological polar surface area (TPSA) is 26.3 Å². The van der Waals surface area contributed by atoms with Crippen molar-refractivity contribution in [3.05, 3.63) is 0 Å². The molecule has 0 radical (unpaired) electrons. The molecule has 132 valence electrons. The van der Waals surface area contributed by atoms with Crippen molar-refractivity contribution in [3.8, 4) is 0 Å². The van der Waals surface area contributed by atoms with Crippen LogP contribution in [-0.4, -0.2) is 18.0 Å². The van der Waals surface area contributed by atoms with E-state index in [9.17, 15) is 4.79 Å². The van der Waals surface area contributed by atoms with Crippen LogP contribution in [0, 0.1) is 29.1 Å². The summed E-state index contributed by atoms with van der Waals surface area (Å²) in [5.41, 5.74) is -0.411. The molecule has 0 bridgehead atoms. The van der Waals surface area contributed by atoms with Crippen molar-refractivity contribution < 1.29 is 9.53 Å². The van der Waals surface area contributed by atoms with E-state index in [1.165, 1.54) is 51.4 Å². The van der Waals surface area contributed by atoms with Crippen molar-refractivity contribution in [2.75, 3.05) is 6.61 Å². The second-order valence-electron chi connectivity index (χ2n) is 9.02. The molecule has 0 amide bonds. The van der Waals surface area contributed by atoms with Crippen molar-refractivity contribution in [1.82, 2.24) is 0 Å². The van der Waals surface area contributed by atoms with E-state index in [4.69, 9.17) is 4.74 Å². The smallest absolute Gasteiger partial charge is 0.162 e. The molecule has 4 atom stereocenters. The van der Waals surface area contributed by atoms with E-state index in [2.05, 4.69) is 13.8 Å². The number of ketones is 1. The molecule has 23 heavy (non-hydrogen) atoms. The fourth-order valence-corrected chi connectivity index (χ4v) is 6.41. The van der Waals surface area contributed by atoms with Crippen molar-refractivity contribution in [1.29, 1.82) is 0 Å². The number of carbonyl (C=O) groups excluding carboxylic acids is 1. The van der Waals surface area contributed by atoms with Crippen molar-refractivity contribution in [2.45, 2.75) is 91.1 Å². The number of fused-ring (bicyclic) bond motifs is 1. The van der Waals surface area contributed by atoms with E-state index in [1.54, 1.807) is 6.92 Å². The molecule has 0 aliphatic heterocycles. The van der Waals surface area contributed by atoms with Gasteiger partial charge >= 0.3 is 0 Å². The summed E-state index contributed by atoms with van der Waals surface area (Å²) >= 11 is 0. The average Bonchev–Trinajstić information content (AvgIpc) is 2.82. The van der Waals surface area contributed by atoms with Crippen LogP contribution in [0.2, 0.25) is 0 Å². The molecule has 3 aliphatic carbocycles. The third-order valence-electron chi connectivity index (χ3n) is 7.98. The molecule has 3 rings (SSSR count). The van der Waals surface area contributed by atoms with Gasteiger partial charge in [-0.05, 0) is 82.5 Å². The molecular weight excluding hydrogens is 284 g/mol. The second kappa shape index (κ2) is 6.50. The number of carbonyl (C=O) groups is 1. The molecule has 2 heteroatoms. The van der Waals surface area contributed by atoms with E-state index >= 15 is 0 Å². The molecule has 3 fully saturated rings. The van der Waals surface area contributed by atoms with Gasteiger partial charge in [-0.25, -0.2) is 0 Å². The highest BCUT2D eigenvalue weighted by Gasteiger charge is 2.62. The first-order valence-corrected chi connectivity index (χ1v) is 10.1. The summed E-state index contributed by atoms with van der Waals surface area (Å²) in [6, 6.07) is 0. The van der Waals surface area contributed by atoms with Gasteiger partial charge < -0.3 is 4.74 Å². The standard InChI is InChI=1S/C21H36O2/c1-5-23-21(16(3)22)13-11-19-14-18(10-12-20(19,21)4)17-8-6-15(2)7-9-17/h15,17-19H,5-14H2,1-4H3. The monoisotopic (exact) mass is 320 g/mol. The Labute approximate surface area is 142 Å². The summed E-state index contributed by atoms with van der Waals surface area (Å²) in [5.74, 6) is 3.76. The van der Waals surface area contributed by atoms with Gasteiger partial charge in [0.1, 0.15) is 5.60 Å². The first-order valence-electron chi connectivity index (χ1n) is 10.1. The zero-order valence-corrected chi connectivity index (χ0v) is 15.7. The summed E-state index contributed by atoms with van der Waals surface area (Å²) < 4.78 is 6.17. The summed E-state index contributed by atoms with van der Waals surface area (Å²) in [6.45, 7) is 9.23. The number of ether oxygens (including phenoxy) is 1. The van der Waals surface area contributed by atoms with Gasteiger partial charge in [-0.15, -0.1) is 0 Å². The number of hydrogen-bond acceptors (Lipinski definition) is 2. The van der Waals surface area contributed by atoms with E-state index in [0.29, 0.717) is 12.5 Å². The highest BCUT2D eigenvalue weighted by Crippen LogP contribution is 2.61. The first kappa shape index (κ1) is 17.5. The zero-order chi connectivity index (χ0) is 16.7. The molecule has 3 aliphatic rings. The fraction of sp³-hybridized carbons (Fsp3) is 0.952. The van der Waals surface area contributed by atoms with Gasteiger partial charge in [-0.3, -0.25) is 4.79 Å². The van der Waals surface area contributed by atoms with Crippen LogP contribution in [0.5, 0.6) is 0 Å². The lowest BCUT2D eigenvalue weighted by Gasteiger charge is -2.50. The highest BCUT2D eigenvalue weighted by atomic mass is 16.5. The summed E-state index contributed by atoms with van der Waals surface area (Å²) in [6.07, 6.45) is 11.7.